The second kappa shape index (κ2) is 7.43. The summed E-state index contributed by atoms with van der Waals surface area (Å²) >= 11 is 7.02. The molecule has 0 aliphatic rings. The fourth-order valence-electron chi connectivity index (χ4n) is 1.73. The van der Waals surface area contributed by atoms with Crippen LogP contribution in [-0.4, -0.2) is 5.78 Å². The minimum Gasteiger partial charge on any atom is -0.289 e. The lowest BCUT2D eigenvalue weighted by Gasteiger charge is -2.00. The van der Waals surface area contributed by atoms with Gasteiger partial charge in [-0.1, -0.05) is 54.6 Å². The Morgan fingerprint density at radius 2 is 1.95 bits per heavy atom. The molecule has 0 fully saturated rings. The summed E-state index contributed by atoms with van der Waals surface area (Å²) in [4.78, 5) is 12.8. The molecule has 0 N–H and O–H groups in total. The molecule has 2 aromatic rings. The van der Waals surface area contributed by atoms with Crippen molar-refractivity contribution in [2.24, 2.45) is 0 Å². The van der Waals surface area contributed by atoms with Gasteiger partial charge in [0.2, 0.25) is 0 Å². The van der Waals surface area contributed by atoms with Gasteiger partial charge in [-0.3, -0.25) is 4.79 Å². The molecule has 2 rings (SSSR count). The Labute approximate surface area is 132 Å². The molecule has 0 heterocycles. The minimum absolute atomic E-state index is 0.0571. The van der Waals surface area contributed by atoms with E-state index in [0.29, 0.717) is 5.56 Å². The van der Waals surface area contributed by atoms with Gasteiger partial charge < -0.3 is 0 Å². The highest BCUT2D eigenvalue weighted by atomic mass is 35.5. The van der Waals surface area contributed by atoms with Crippen LogP contribution in [0.25, 0.3) is 0 Å². The normalized spacial score (nSPS) is 11.0. The molecule has 0 spiro atoms. The zero-order chi connectivity index (χ0) is 15.2. The first-order valence-electron chi connectivity index (χ1n) is 6.51. The van der Waals surface area contributed by atoms with E-state index in [1.54, 1.807) is 11.5 Å². The summed E-state index contributed by atoms with van der Waals surface area (Å²) in [6, 6.07) is 12.0. The van der Waals surface area contributed by atoms with E-state index in [9.17, 15) is 9.18 Å². The summed E-state index contributed by atoms with van der Waals surface area (Å²) < 4.78 is 13.0. The minimum atomic E-state index is -0.447. The lowest BCUT2D eigenvalue weighted by atomic mass is 10.1. The smallest absolute Gasteiger partial charge is 0.186 e. The Morgan fingerprint density at radius 3 is 2.57 bits per heavy atom. The lowest BCUT2D eigenvalue weighted by Crippen LogP contribution is -1.94. The molecule has 1 nitrogen and oxygen atoms in total. The zero-order valence-electron chi connectivity index (χ0n) is 11.5. The molecular weight excluding hydrogens is 307 g/mol. The largest absolute Gasteiger partial charge is 0.289 e. The van der Waals surface area contributed by atoms with E-state index in [1.165, 1.54) is 35.5 Å². The van der Waals surface area contributed by atoms with Crippen LogP contribution in [0.4, 0.5) is 4.39 Å². The Kier molecular flexibility index (Phi) is 5.59. The number of carbonyl (C=O) groups is 1. The molecule has 4 heteroatoms. The highest BCUT2D eigenvalue weighted by Gasteiger charge is 2.02. The second-order valence-corrected chi connectivity index (χ2v) is 5.80. The average Bonchev–Trinajstić information content (AvgIpc) is 2.51. The van der Waals surface area contributed by atoms with Crippen molar-refractivity contribution in [1.82, 2.24) is 0 Å². The van der Waals surface area contributed by atoms with Crippen LogP contribution in [0.3, 0.4) is 0 Å². The van der Waals surface area contributed by atoms with E-state index in [0.717, 1.165) is 11.3 Å². The summed E-state index contributed by atoms with van der Waals surface area (Å²) in [6.45, 7) is 2.07. The number of rotatable bonds is 5. The van der Waals surface area contributed by atoms with Crippen LogP contribution in [0.1, 0.15) is 22.8 Å². The summed E-state index contributed by atoms with van der Waals surface area (Å²) in [5, 5.41) is 1.76. The van der Waals surface area contributed by atoms with Crippen LogP contribution in [0.15, 0.2) is 58.8 Å². The van der Waals surface area contributed by atoms with E-state index in [2.05, 4.69) is 6.92 Å². The highest BCUT2D eigenvalue weighted by molar-refractivity contribution is 8.02. The molecule has 0 radical (unpaired) electrons. The first-order valence-corrected chi connectivity index (χ1v) is 7.77. The Hall–Kier alpha value is -1.58. The predicted octanol–water partition coefficient (Wildman–Crippen LogP) is 5.53. The lowest BCUT2D eigenvalue weighted by molar-refractivity contribution is 0.104. The number of aryl methyl sites for hydroxylation is 1. The maximum absolute atomic E-state index is 13.0. The van der Waals surface area contributed by atoms with Gasteiger partial charge in [-0.15, -0.1) is 0 Å². The molecule has 2 aromatic carbocycles. The standard InChI is InChI=1S/C17H14ClFOS/c1-2-12-3-5-13(6-4-12)17(20)9-10-21-14-7-8-16(19)15(18)11-14/h3-11H,2H2,1H3. The third-order valence-corrected chi connectivity index (χ3v) is 4.05. The van der Waals surface area contributed by atoms with Gasteiger partial charge in [-0.25, -0.2) is 4.39 Å². The summed E-state index contributed by atoms with van der Waals surface area (Å²) in [6.07, 6.45) is 2.45. The van der Waals surface area contributed by atoms with Crippen molar-refractivity contribution in [3.05, 3.63) is 75.9 Å². The molecular formula is C17H14ClFOS. The molecule has 0 aliphatic carbocycles. The fourth-order valence-corrected chi connectivity index (χ4v) is 2.65. The number of benzene rings is 2. The van der Waals surface area contributed by atoms with Crippen LogP contribution in [0.5, 0.6) is 0 Å². The van der Waals surface area contributed by atoms with Gasteiger partial charge in [0.1, 0.15) is 5.82 Å². The highest BCUT2D eigenvalue weighted by Crippen LogP contribution is 2.24. The fraction of sp³-hybridized carbons (Fsp3) is 0.118. The third-order valence-electron chi connectivity index (χ3n) is 2.96. The molecule has 21 heavy (non-hydrogen) atoms. The van der Waals surface area contributed by atoms with E-state index < -0.39 is 5.82 Å². The SMILES string of the molecule is CCc1ccc(C(=O)C=CSc2ccc(F)c(Cl)c2)cc1. The first-order chi connectivity index (χ1) is 10.1. The number of thioether (sulfide) groups is 1. The van der Waals surface area contributed by atoms with Crippen LogP contribution in [0, 0.1) is 5.82 Å². The predicted molar refractivity (Wildman–Crippen MR) is 86.6 cm³/mol. The number of allylic oxidation sites excluding steroid dienone is 1. The Bertz CT molecular complexity index is 665. The van der Waals surface area contributed by atoms with Crippen LogP contribution >= 0.6 is 23.4 Å². The molecule has 0 aliphatic heterocycles. The molecule has 0 unspecified atom stereocenters. The number of carbonyl (C=O) groups excluding carboxylic acids is 1. The van der Waals surface area contributed by atoms with Crippen molar-refractivity contribution in [3.8, 4) is 0 Å². The molecule has 108 valence electrons. The van der Waals surface area contributed by atoms with Crippen molar-refractivity contribution in [3.63, 3.8) is 0 Å². The summed E-state index contributed by atoms with van der Waals surface area (Å²) in [7, 11) is 0. The topological polar surface area (TPSA) is 17.1 Å². The molecule has 0 atom stereocenters. The Morgan fingerprint density at radius 1 is 1.24 bits per heavy atom. The average molecular weight is 321 g/mol. The maximum Gasteiger partial charge on any atom is 0.186 e. The zero-order valence-corrected chi connectivity index (χ0v) is 13.0. The molecule has 0 bridgehead atoms. The van der Waals surface area contributed by atoms with Crippen molar-refractivity contribution < 1.29 is 9.18 Å². The van der Waals surface area contributed by atoms with E-state index in [-0.39, 0.29) is 10.8 Å². The van der Waals surface area contributed by atoms with Crippen LogP contribution < -0.4 is 0 Å². The number of ketones is 1. The monoisotopic (exact) mass is 320 g/mol. The van der Waals surface area contributed by atoms with Gasteiger partial charge in [0.15, 0.2) is 5.78 Å². The summed E-state index contributed by atoms with van der Waals surface area (Å²) in [5.74, 6) is -0.504. The maximum atomic E-state index is 13.0. The Balaban J connectivity index is 1.99. The molecule has 0 saturated carbocycles. The van der Waals surface area contributed by atoms with Gasteiger partial charge in [-0.2, -0.15) is 0 Å². The van der Waals surface area contributed by atoms with Crippen molar-refractivity contribution in [2.45, 2.75) is 18.2 Å². The number of hydrogen-bond donors (Lipinski definition) is 0. The quantitative estimate of drug-likeness (QED) is 0.409. The van der Waals surface area contributed by atoms with E-state index in [1.807, 2.05) is 24.3 Å². The molecule has 0 aromatic heterocycles. The van der Waals surface area contributed by atoms with E-state index in [4.69, 9.17) is 11.6 Å². The summed E-state index contributed by atoms with van der Waals surface area (Å²) in [5.41, 5.74) is 1.85. The molecule has 0 amide bonds. The number of hydrogen-bond acceptors (Lipinski definition) is 2. The van der Waals surface area contributed by atoms with Crippen molar-refractivity contribution >= 4 is 29.1 Å². The number of halogens is 2. The van der Waals surface area contributed by atoms with Gasteiger partial charge in [0.25, 0.3) is 0 Å². The van der Waals surface area contributed by atoms with Gasteiger partial charge in [-0.05, 0) is 41.7 Å². The van der Waals surface area contributed by atoms with Gasteiger partial charge in [0, 0.05) is 10.5 Å². The van der Waals surface area contributed by atoms with Crippen molar-refractivity contribution in [1.29, 1.82) is 0 Å². The van der Waals surface area contributed by atoms with Gasteiger partial charge >= 0.3 is 0 Å². The van der Waals surface area contributed by atoms with Crippen molar-refractivity contribution in [2.75, 3.05) is 0 Å². The van der Waals surface area contributed by atoms with Crippen LogP contribution in [-0.2, 0) is 6.42 Å². The van der Waals surface area contributed by atoms with E-state index >= 15 is 0 Å². The third kappa shape index (κ3) is 4.45. The van der Waals surface area contributed by atoms with Crippen LogP contribution in [0.2, 0.25) is 5.02 Å². The molecule has 0 saturated heterocycles. The van der Waals surface area contributed by atoms with Gasteiger partial charge in [0.05, 0.1) is 5.02 Å². The first kappa shape index (κ1) is 15.8. The second-order valence-electron chi connectivity index (χ2n) is 4.41.